The number of hydrogen-bond acceptors (Lipinski definition) is 3. The van der Waals surface area contributed by atoms with Gasteiger partial charge in [0.2, 0.25) is 0 Å². The molecule has 2 heterocycles. The third-order valence-electron chi connectivity index (χ3n) is 3.49. The smallest absolute Gasteiger partial charge is 0.0328 e. The van der Waals surface area contributed by atoms with E-state index in [9.17, 15) is 0 Å². The molecule has 102 valence electrons. The van der Waals surface area contributed by atoms with Crippen LogP contribution < -0.4 is 5.32 Å². The van der Waals surface area contributed by atoms with Crippen LogP contribution in [0.15, 0.2) is 12.1 Å². The van der Waals surface area contributed by atoms with Gasteiger partial charge in [0, 0.05) is 28.9 Å². The lowest BCUT2D eigenvalue weighted by molar-refractivity contribution is 0.249. The number of hydrogen-bond donors (Lipinski definition) is 1. The molecule has 1 fully saturated rings. The molecule has 1 saturated heterocycles. The fraction of sp³-hybridized carbons (Fsp3) is 0.733. The molecular weight excluding hydrogens is 240 g/mol. The van der Waals surface area contributed by atoms with Crippen molar-refractivity contribution in [1.82, 2.24) is 10.2 Å². The maximum absolute atomic E-state index is 3.70. The Hall–Kier alpha value is -0.380. The highest BCUT2D eigenvalue weighted by Gasteiger charge is 2.18. The molecule has 3 heteroatoms. The molecule has 0 bridgehead atoms. The van der Waals surface area contributed by atoms with Crippen molar-refractivity contribution in [2.45, 2.75) is 46.2 Å². The molecule has 0 amide bonds. The molecule has 2 nitrogen and oxygen atoms in total. The van der Waals surface area contributed by atoms with E-state index < -0.39 is 0 Å². The van der Waals surface area contributed by atoms with Gasteiger partial charge < -0.3 is 5.32 Å². The van der Waals surface area contributed by atoms with Crippen LogP contribution in [0, 0.1) is 12.8 Å². The third kappa shape index (κ3) is 4.38. The average molecular weight is 266 g/mol. The number of nitrogens with one attached hydrogen (secondary N) is 1. The monoisotopic (exact) mass is 266 g/mol. The minimum absolute atomic E-state index is 0.675. The lowest BCUT2D eigenvalue weighted by Gasteiger charge is -2.25. The van der Waals surface area contributed by atoms with Crippen LogP contribution in [0.3, 0.4) is 0 Å². The molecule has 1 aromatic rings. The van der Waals surface area contributed by atoms with E-state index in [1.54, 1.807) is 0 Å². The van der Waals surface area contributed by atoms with Crippen molar-refractivity contribution in [1.29, 1.82) is 0 Å². The highest BCUT2D eigenvalue weighted by atomic mass is 32.1. The van der Waals surface area contributed by atoms with Crippen molar-refractivity contribution in [3.8, 4) is 0 Å². The van der Waals surface area contributed by atoms with Crippen LogP contribution in [0.25, 0.3) is 0 Å². The van der Waals surface area contributed by atoms with Gasteiger partial charge in [-0.05, 0) is 50.9 Å². The summed E-state index contributed by atoms with van der Waals surface area (Å²) in [6.45, 7) is 11.6. The van der Waals surface area contributed by atoms with Gasteiger partial charge in [0.05, 0.1) is 0 Å². The summed E-state index contributed by atoms with van der Waals surface area (Å²) in [7, 11) is 0. The minimum atomic E-state index is 0.675. The molecule has 1 aliphatic heterocycles. The molecule has 1 unspecified atom stereocenters. The highest BCUT2D eigenvalue weighted by Crippen LogP contribution is 2.19. The lowest BCUT2D eigenvalue weighted by Crippen LogP contribution is -2.38. The summed E-state index contributed by atoms with van der Waals surface area (Å²) in [4.78, 5) is 5.56. The molecule has 0 radical (unpaired) electrons. The number of aryl methyl sites for hydroxylation is 1. The molecule has 0 saturated carbocycles. The average Bonchev–Trinajstić information content (AvgIpc) is 2.56. The Morgan fingerprint density at radius 3 is 2.94 bits per heavy atom. The Kier molecular flexibility index (Phi) is 5.22. The summed E-state index contributed by atoms with van der Waals surface area (Å²) < 4.78 is 0. The SMILES string of the molecule is Cc1ccc(CN2CCCNC(CC(C)C)C2)s1. The van der Waals surface area contributed by atoms with E-state index in [0.29, 0.717) is 6.04 Å². The Labute approximate surface area is 115 Å². The molecule has 1 aliphatic rings. The molecule has 1 N–H and O–H groups in total. The van der Waals surface area contributed by atoms with E-state index in [2.05, 4.69) is 43.1 Å². The second-order valence-corrected chi connectivity index (χ2v) is 7.25. The van der Waals surface area contributed by atoms with Crippen molar-refractivity contribution in [3.05, 3.63) is 21.9 Å². The zero-order chi connectivity index (χ0) is 13.0. The Morgan fingerprint density at radius 1 is 1.44 bits per heavy atom. The first-order chi connectivity index (χ1) is 8.63. The quantitative estimate of drug-likeness (QED) is 0.900. The minimum Gasteiger partial charge on any atom is -0.313 e. The summed E-state index contributed by atoms with van der Waals surface area (Å²) >= 11 is 1.94. The largest absolute Gasteiger partial charge is 0.313 e. The zero-order valence-corrected chi connectivity index (χ0v) is 12.7. The van der Waals surface area contributed by atoms with Crippen molar-refractivity contribution < 1.29 is 0 Å². The Bertz CT molecular complexity index is 359. The number of thiophene rings is 1. The van der Waals surface area contributed by atoms with Crippen LogP contribution in [-0.2, 0) is 6.54 Å². The molecule has 18 heavy (non-hydrogen) atoms. The van der Waals surface area contributed by atoms with Gasteiger partial charge in [-0.2, -0.15) is 0 Å². The Morgan fingerprint density at radius 2 is 2.28 bits per heavy atom. The van der Waals surface area contributed by atoms with Crippen molar-refractivity contribution in [2.24, 2.45) is 5.92 Å². The summed E-state index contributed by atoms with van der Waals surface area (Å²) in [5, 5.41) is 3.70. The van der Waals surface area contributed by atoms with Crippen LogP contribution in [-0.4, -0.2) is 30.6 Å². The molecule has 1 atom stereocenters. The van der Waals surface area contributed by atoms with Gasteiger partial charge >= 0.3 is 0 Å². The predicted octanol–water partition coefficient (Wildman–Crippen LogP) is 3.27. The fourth-order valence-electron chi connectivity index (χ4n) is 2.74. The first-order valence-corrected chi connectivity index (χ1v) is 7.96. The number of nitrogens with zero attached hydrogens (tertiary/aromatic N) is 1. The van der Waals surface area contributed by atoms with E-state index in [0.717, 1.165) is 12.5 Å². The summed E-state index contributed by atoms with van der Waals surface area (Å²) in [5.41, 5.74) is 0. The molecule has 1 aromatic heterocycles. The molecule has 0 aromatic carbocycles. The summed E-state index contributed by atoms with van der Waals surface area (Å²) in [6.07, 6.45) is 2.57. The first kappa shape index (κ1) is 14.0. The molecule has 0 spiro atoms. The Balaban J connectivity index is 1.90. The van der Waals surface area contributed by atoms with Gasteiger partial charge in [-0.1, -0.05) is 13.8 Å². The van der Waals surface area contributed by atoms with Crippen LogP contribution >= 0.6 is 11.3 Å². The van der Waals surface area contributed by atoms with Crippen LogP contribution in [0.1, 0.15) is 36.4 Å². The molecular formula is C15H26N2S. The molecule has 2 rings (SSSR count). The maximum Gasteiger partial charge on any atom is 0.0328 e. The van der Waals surface area contributed by atoms with Crippen molar-refractivity contribution in [3.63, 3.8) is 0 Å². The standard InChI is InChI=1S/C15H26N2S/c1-12(2)9-14-10-17(8-4-7-16-14)11-15-6-5-13(3)18-15/h5-6,12,14,16H,4,7-11H2,1-3H3. The van der Waals surface area contributed by atoms with Crippen LogP contribution in [0.2, 0.25) is 0 Å². The molecule has 0 aliphatic carbocycles. The van der Waals surface area contributed by atoms with E-state index in [1.807, 2.05) is 11.3 Å². The first-order valence-electron chi connectivity index (χ1n) is 7.14. The zero-order valence-electron chi connectivity index (χ0n) is 11.9. The van der Waals surface area contributed by atoms with Crippen LogP contribution in [0.5, 0.6) is 0 Å². The van der Waals surface area contributed by atoms with E-state index >= 15 is 0 Å². The summed E-state index contributed by atoms with van der Waals surface area (Å²) in [6, 6.07) is 5.20. The topological polar surface area (TPSA) is 15.3 Å². The van der Waals surface area contributed by atoms with Gasteiger partial charge in [-0.25, -0.2) is 0 Å². The maximum atomic E-state index is 3.70. The van der Waals surface area contributed by atoms with E-state index in [-0.39, 0.29) is 0 Å². The number of rotatable bonds is 4. The van der Waals surface area contributed by atoms with Gasteiger partial charge in [-0.15, -0.1) is 11.3 Å². The summed E-state index contributed by atoms with van der Waals surface area (Å²) in [5.74, 6) is 0.784. The second-order valence-electron chi connectivity index (χ2n) is 5.88. The highest BCUT2D eigenvalue weighted by molar-refractivity contribution is 7.11. The normalized spacial score (nSPS) is 22.3. The van der Waals surface area contributed by atoms with Gasteiger partial charge in [0.25, 0.3) is 0 Å². The third-order valence-corrected chi connectivity index (χ3v) is 4.48. The van der Waals surface area contributed by atoms with Crippen molar-refractivity contribution in [2.75, 3.05) is 19.6 Å². The van der Waals surface area contributed by atoms with Crippen molar-refractivity contribution >= 4 is 11.3 Å². The van der Waals surface area contributed by atoms with Crippen LogP contribution in [0.4, 0.5) is 0 Å². The van der Waals surface area contributed by atoms with E-state index in [4.69, 9.17) is 0 Å². The fourth-order valence-corrected chi connectivity index (χ4v) is 3.67. The van der Waals surface area contributed by atoms with E-state index in [1.165, 1.54) is 42.2 Å². The van der Waals surface area contributed by atoms with Gasteiger partial charge in [0.1, 0.15) is 0 Å². The lowest BCUT2D eigenvalue weighted by atomic mass is 10.0. The predicted molar refractivity (Wildman–Crippen MR) is 80.2 cm³/mol. The van der Waals surface area contributed by atoms with Gasteiger partial charge in [0.15, 0.2) is 0 Å². The second kappa shape index (κ2) is 6.69. The van der Waals surface area contributed by atoms with Gasteiger partial charge in [-0.3, -0.25) is 4.90 Å².